The number of nitrogens with two attached hydrogens (primary N) is 2. The van der Waals surface area contributed by atoms with Crippen LogP contribution in [-0.2, 0) is 10.0 Å². The Morgan fingerprint density at radius 2 is 1.90 bits per heavy atom. The third-order valence-corrected chi connectivity index (χ3v) is 5.53. The van der Waals surface area contributed by atoms with Crippen LogP contribution in [0.5, 0.6) is 0 Å². The SMILES string of the molecule is Cc1c(NC2CCC(C)C2C)cc(N)cc1S(N)(=O)=O. The van der Waals surface area contributed by atoms with E-state index >= 15 is 0 Å². The van der Waals surface area contributed by atoms with Gasteiger partial charge in [0, 0.05) is 17.4 Å². The Balaban J connectivity index is 2.36. The van der Waals surface area contributed by atoms with Crippen molar-refractivity contribution in [3.8, 4) is 0 Å². The van der Waals surface area contributed by atoms with Crippen molar-refractivity contribution >= 4 is 21.4 Å². The second kappa shape index (κ2) is 5.26. The molecule has 1 fully saturated rings. The molecule has 1 saturated carbocycles. The van der Waals surface area contributed by atoms with Crippen LogP contribution in [0, 0.1) is 18.8 Å². The molecule has 0 saturated heterocycles. The Bertz CT molecular complexity index is 613. The first kappa shape index (κ1) is 15.1. The maximum atomic E-state index is 11.6. The van der Waals surface area contributed by atoms with Crippen molar-refractivity contribution < 1.29 is 8.42 Å². The molecule has 112 valence electrons. The van der Waals surface area contributed by atoms with Crippen LogP contribution in [0.15, 0.2) is 17.0 Å². The molecule has 1 aliphatic carbocycles. The fourth-order valence-corrected chi connectivity index (χ4v) is 3.76. The lowest BCUT2D eigenvalue weighted by atomic mass is 9.97. The van der Waals surface area contributed by atoms with Gasteiger partial charge in [-0.3, -0.25) is 0 Å². The average molecular weight is 297 g/mol. The van der Waals surface area contributed by atoms with Crippen molar-refractivity contribution in [2.75, 3.05) is 11.1 Å². The zero-order valence-electron chi connectivity index (χ0n) is 12.2. The van der Waals surface area contributed by atoms with E-state index < -0.39 is 10.0 Å². The molecule has 3 unspecified atom stereocenters. The van der Waals surface area contributed by atoms with E-state index in [0.29, 0.717) is 29.1 Å². The van der Waals surface area contributed by atoms with E-state index in [1.165, 1.54) is 12.5 Å². The smallest absolute Gasteiger partial charge is 0.238 e. The summed E-state index contributed by atoms with van der Waals surface area (Å²) >= 11 is 0. The number of rotatable bonds is 3. The molecule has 0 aliphatic heterocycles. The number of anilines is 2. The van der Waals surface area contributed by atoms with E-state index in [4.69, 9.17) is 10.9 Å². The molecule has 1 aliphatic rings. The highest BCUT2D eigenvalue weighted by Gasteiger charge is 2.30. The lowest BCUT2D eigenvalue weighted by molar-refractivity contribution is 0.435. The first-order chi connectivity index (χ1) is 9.20. The van der Waals surface area contributed by atoms with Crippen molar-refractivity contribution in [2.45, 2.75) is 44.6 Å². The highest BCUT2D eigenvalue weighted by Crippen LogP contribution is 2.35. The van der Waals surface area contributed by atoms with Crippen molar-refractivity contribution in [2.24, 2.45) is 17.0 Å². The van der Waals surface area contributed by atoms with Gasteiger partial charge >= 0.3 is 0 Å². The molecule has 0 heterocycles. The molecule has 1 aromatic carbocycles. The van der Waals surface area contributed by atoms with Crippen LogP contribution >= 0.6 is 0 Å². The molecule has 0 amide bonds. The van der Waals surface area contributed by atoms with Gasteiger partial charge in [0.2, 0.25) is 10.0 Å². The largest absolute Gasteiger partial charge is 0.399 e. The van der Waals surface area contributed by atoms with Crippen LogP contribution in [0.3, 0.4) is 0 Å². The normalized spacial score (nSPS) is 26.7. The molecule has 0 radical (unpaired) electrons. The van der Waals surface area contributed by atoms with Crippen LogP contribution < -0.4 is 16.2 Å². The minimum absolute atomic E-state index is 0.0960. The van der Waals surface area contributed by atoms with Crippen molar-refractivity contribution in [3.05, 3.63) is 17.7 Å². The van der Waals surface area contributed by atoms with Gasteiger partial charge in [-0.2, -0.15) is 0 Å². The quantitative estimate of drug-likeness (QED) is 0.744. The van der Waals surface area contributed by atoms with Gasteiger partial charge in [0.05, 0.1) is 4.90 Å². The Labute approximate surface area is 120 Å². The summed E-state index contributed by atoms with van der Waals surface area (Å²) in [5.41, 5.74) is 7.60. The van der Waals surface area contributed by atoms with Crippen molar-refractivity contribution in [1.82, 2.24) is 0 Å². The minimum Gasteiger partial charge on any atom is -0.399 e. The highest BCUT2D eigenvalue weighted by molar-refractivity contribution is 7.89. The first-order valence-electron chi connectivity index (χ1n) is 6.89. The van der Waals surface area contributed by atoms with Crippen LogP contribution in [0.25, 0.3) is 0 Å². The van der Waals surface area contributed by atoms with Gasteiger partial charge in [-0.1, -0.05) is 13.8 Å². The predicted octanol–water partition coefficient (Wildman–Crippen LogP) is 2.07. The third-order valence-electron chi connectivity index (χ3n) is 4.50. The van der Waals surface area contributed by atoms with Crippen molar-refractivity contribution in [3.63, 3.8) is 0 Å². The molecule has 0 spiro atoms. The fourth-order valence-electron chi connectivity index (χ4n) is 2.92. The van der Waals surface area contributed by atoms with E-state index in [1.807, 2.05) is 0 Å². The summed E-state index contributed by atoms with van der Waals surface area (Å²) in [6.07, 6.45) is 2.27. The standard InChI is InChI=1S/C14H23N3O2S/c1-8-4-5-12(9(8)2)17-13-6-11(15)7-14(10(13)3)20(16,18)19/h6-9,12,17H,4-5,15H2,1-3H3,(H2,16,18,19). The van der Waals surface area contributed by atoms with Gasteiger partial charge in [0.1, 0.15) is 0 Å². The molecule has 5 N–H and O–H groups in total. The fraction of sp³-hybridized carbons (Fsp3) is 0.571. The number of nitrogens with one attached hydrogen (secondary N) is 1. The molecule has 20 heavy (non-hydrogen) atoms. The van der Waals surface area contributed by atoms with Gasteiger partial charge in [-0.05, 0) is 49.3 Å². The number of sulfonamides is 1. The molecule has 6 heteroatoms. The molecule has 0 bridgehead atoms. The Kier molecular flexibility index (Phi) is 3.97. The van der Waals surface area contributed by atoms with Crippen LogP contribution in [0.1, 0.15) is 32.3 Å². The van der Waals surface area contributed by atoms with Gasteiger partial charge in [0.15, 0.2) is 0 Å². The van der Waals surface area contributed by atoms with Crippen molar-refractivity contribution in [1.29, 1.82) is 0 Å². The minimum atomic E-state index is -3.76. The summed E-state index contributed by atoms with van der Waals surface area (Å²) in [4.78, 5) is 0.0960. The van der Waals surface area contributed by atoms with Gasteiger partial charge in [-0.25, -0.2) is 13.6 Å². The number of hydrogen-bond donors (Lipinski definition) is 3. The molecule has 3 atom stereocenters. The van der Waals surface area contributed by atoms with Gasteiger partial charge in [0.25, 0.3) is 0 Å². The maximum absolute atomic E-state index is 11.6. The molecule has 0 aromatic heterocycles. The third kappa shape index (κ3) is 2.91. The molecular weight excluding hydrogens is 274 g/mol. The maximum Gasteiger partial charge on any atom is 0.238 e. The van der Waals surface area contributed by atoms with E-state index in [9.17, 15) is 8.42 Å². The average Bonchev–Trinajstić information content (AvgIpc) is 2.64. The van der Waals surface area contributed by atoms with E-state index in [-0.39, 0.29) is 4.90 Å². The second-order valence-electron chi connectivity index (χ2n) is 5.90. The van der Waals surface area contributed by atoms with Crippen LogP contribution in [0.2, 0.25) is 0 Å². The monoisotopic (exact) mass is 297 g/mol. The second-order valence-corrected chi connectivity index (χ2v) is 7.43. The van der Waals surface area contributed by atoms with Gasteiger partial charge in [-0.15, -0.1) is 0 Å². The zero-order chi connectivity index (χ0) is 15.1. The Morgan fingerprint density at radius 1 is 1.25 bits per heavy atom. The van der Waals surface area contributed by atoms with E-state index in [2.05, 4.69) is 19.2 Å². The predicted molar refractivity (Wildman–Crippen MR) is 81.9 cm³/mol. The zero-order valence-corrected chi connectivity index (χ0v) is 13.0. The summed E-state index contributed by atoms with van der Waals surface area (Å²) in [7, 11) is -3.76. The number of nitrogen functional groups attached to an aromatic ring is 1. The topological polar surface area (TPSA) is 98.2 Å². The molecule has 2 rings (SSSR count). The summed E-state index contributed by atoms with van der Waals surface area (Å²) < 4.78 is 23.2. The summed E-state index contributed by atoms with van der Waals surface area (Å²) in [6.45, 7) is 6.22. The first-order valence-corrected chi connectivity index (χ1v) is 8.44. The van der Waals surface area contributed by atoms with E-state index in [0.717, 1.165) is 12.1 Å². The number of primary sulfonamides is 1. The summed E-state index contributed by atoms with van der Waals surface area (Å²) in [6, 6.07) is 3.54. The lowest BCUT2D eigenvalue weighted by Gasteiger charge is -2.23. The molecule has 5 nitrogen and oxygen atoms in total. The summed E-state index contributed by atoms with van der Waals surface area (Å²) in [5.74, 6) is 1.22. The lowest BCUT2D eigenvalue weighted by Crippen LogP contribution is -2.25. The highest BCUT2D eigenvalue weighted by atomic mass is 32.2. The van der Waals surface area contributed by atoms with E-state index in [1.54, 1.807) is 13.0 Å². The molecule has 1 aromatic rings. The Hall–Kier alpha value is -1.27. The van der Waals surface area contributed by atoms with Crippen LogP contribution in [-0.4, -0.2) is 14.5 Å². The molecular formula is C14H23N3O2S. The Morgan fingerprint density at radius 3 is 2.40 bits per heavy atom. The van der Waals surface area contributed by atoms with Gasteiger partial charge < -0.3 is 11.1 Å². The summed E-state index contributed by atoms with van der Waals surface area (Å²) in [5, 5.41) is 8.68. The van der Waals surface area contributed by atoms with Crippen LogP contribution in [0.4, 0.5) is 11.4 Å². The number of hydrogen-bond acceptors (Lipinski definition) is 4. The number of benzene rings is 1.